The van der Waals surface area contributed by atoms with Gasteiger partial charge in [-0.3, -0.25) is 4.90 Å². The number of likely N-dealkylation sites (tertiary alicyclic amines) is 1. The van der Waals surface area contributed by atoms with Gasteiger partial charge in [-0.25, -0.2) is 0 Å². The van der Waals surface area contributed by atoms with Gasteiger partial charge in [-0.15, -0.1) is 0 Å². The Morgan fingerprint density at radius 3 is 2.56 bits per heavy atom. The Morgan fingerprint density at radius 2 is 1.89 bits per heavy atom. The van der Waals surface area contributed by atoms with Crippen molar-refractivity contribution < 1.29 is 0 Å². The quantitative estimate of drug-likeness (QED) is 0.877. The molecule has 0 saturated carbocycles. The molecule has 0 aromatic heterocycles. The number of likely N-dealkylation sites (N-methyl/N-ethyl adjacent to an activating group) is 1. The summed E-state index contributed by atoms with van der Waals surface area (Å²) in [5.74, 6) is 0. The highest BCUT2D eigenvalue weighted by atomic mass is 15.2. The van der Waals surface area contributed by atoms with E-state index in [0.717, 1.165) is 0 Å². The fraction of sp³-hybridized carbons (Fsp3) is 0.625. The molecule has 2 nitrogen and oxygen atoms in total. The lowest BCUT2D eigenvalue weighted by Gasteiger charge is -2.43. The maximum atomic E-state index is 3.43. The van der Waals surface area contributed by atoms with E-state index in [2.05, 4.69) is 61.4 Å². The number of nitrogens with one attached hydrogen (secondary N) is 1. The Kier molecular flexibility index (Phi) is 4.79. The van der Waals surface area contributed by atoms with E-state index < -0.39 is 0 Å². The van der Waals surface area contributed by atoms with Crippen molar-refractivity contribution in [2.24, 2.45) is 0 Å². The number of hydrogen-bond acceptors (Lipinski definition) is 2. The zero-order valence-electron chi connectivity index (χ0n) is 11.9. The largest absolute Gasteiger partial charge is 0.316 e. The first-order chi connectivity index (χ1) is 8.74. The molecule has 0 amide bonds. The van der Waals surface area contributed by atoms with E-state index in [4.69, 9.17) is 0 Å². The van der Waals surface area contributed by atoms with E-state index in [0.29, 0.717) is 18.1 Å². The summed E-state index contributed by atoms with van der Waals surface area (Å²) in [5, 5.41) is 3.43. The molecule has 0 radical (unpaired) electrons. The van der Waals surface area contributed by atoms with Crippen molar-refractivity contribution in [3.05, 3.63) is 35.9 Å². The smallest absolute Gasteiger partial charge is 0.0323 e. The van der Waals surface area contributed by atoms with Gasteiger partial charge >= 0.3 is 0 Å². The molecule has 100 valence electrons. The summed E-state index contributed by atoms with van der Waals surface area (Å²) in [7, 11) is 2.07. The minimum absolute atomic E-state index is 0.521. The number of hydrogen-bond donors (Lipinski definition) is 1. The molecule has 1 fully saturated rings. The number of rotatable bonds is 4. The van der Waals surface area contributed by atoms with Crippen LogP contribution in [0.25, 0.3) is 0 Å². The average molecular weight is 246 g/mol. The highest BCUT2D eigenvalue weighted by Crippen LogP contribution is 2.29. The molecule has 1 aliphatic rings. The first kappa shape index (κ1) is 13.6. The van der Waals surface area contributed by atoms with Gasteiger partial charge in [0.1, 0.15) is 0 Å². The normalized spacial score (nSPS) is 24.7. The van der Waals surface area contributed by atoms with Gasteiger partial charge in [0.05, 0.1) is 0 Å². The molecule has 1 aliphatic heterocycles. The average Bonchev–Trinajstić information content (AvgIpc) is 2.46. The Balaban J connectivity index is 2.13. The van der Waals surface area contributed by atoms with Crippen LogP contribution in [-0.2, 0) is 0 Å². The van der Waals surface area contributed by atoms with E-state index in [-0.39, 0.29) is 0 Å². The molecule has 1 aromatic rings. The maximum absolute atomic E-state index is 3.43. The fourth-order valence-corrected chi connectivity index (χ4v) is 3.11. The molecule has 1 aromatic carbocycles. The highest BCUT2D eigenvalue weighted by Gasteiger charge is 2.30. The number of piperidine rings is 1. The number of benzene rings is 1. The van der Waals surface area contributed by atoms with Crippen LogP contribution in [0, 0.1) is 0 Å². The highest BCUT2D eigenvalue weighted by molar-refractivity contribution is 5.18. The van der Waals surface area contributed by atoms with Gasteiger partial charge in [-0.1, -0.05) is 36.8 Å². The Bertz CT molecular complexity index is 349. The van der Waals surface area contributed by atoms with Crippen molar-refractivity contribution in [1.29, 1.82) is 0 Å². The van der Waals surface area contributed by atoms with Crippen LogP contribution in [0.2, 0.25) is 0 Å². The fourth-order valence-electron chi connectivity index (χ4n) is 3.11. The van der Waals surface area contributed by atoms with Crippen LogP contribution < -0.4 is 5.32 Å². The summed E-state index contributed by atoms with van der Waals surface area (Å²) >= 11 is 0. The Morgan fingerprint density at radius 1 is 1.17 bits per heavy atom. The number of nitrogens with zero attached hydrogens (tertiary/aromatic N) is 1. The van der Waals surface area contributed by atoms with Gasteiger partial charge in [-0.05, 0) is 45.8 Å². The summed E-state index contributed by atoms with van der Waals surface area (Å²) in [4.78, 5) is 2.68. The Labute approximate surface area is 111 Å². The van der Waals surface area contributed by atoms with Crippen molar-refractivity contribution in [2.45, 2.75) is 51.2 Å². The van der Waals surface area contributed by atoms with Crippen molar-refractivity contribution in [2.75, 3.05) is 13.6 Å². The summed E-state index contributed by atoms with van der Waals surface area (Å²) in [6.07, 6.45) is 4.03. The Hall–Kier alpha value is -0.860. The van der Waals surface area contributed by atoms with E-state index in [1.807, 2.05) is 0 Å². The van der Waals surface area contributed by atoms with Gasteiger partial charge in [-0.2, -0.15) is 0 Å². The van der Waals surface area contributed by atoms with Gasteiger partial charge in [0.15, 0.2) is 0 Å². The molecule has 0 bridgehead atoms. The minimum Gasteiger partial charge on any atom is -0.316 e. The molecule has 1 heterocycles. The summed E-state index contributed by atoms with van der Waals surface area (Å²) in [6, 6.07) is 12.6. The molecule has 2 heteroatoms. The van der Waals surface area contributed by atoms with Crippen molar-refractivity contribution in [1.82, 2.24) is 10.2 Å². The van der Waals surface area contributed by atoms with Gasteiger partial charge in [0, 0.05) is 18.1 Å². The molecule has 0 spiro atoms. The molecule has 3 atom stereocenters. The molecule has 0 aliphatic carbocycles. The lowest BCUT2D eigenvalue weighted by atomic mass is 9.93. The van der Waals surface area contributed by atoms with Crippen LogP contribution >= 0.6 is 0 Å². The van der Waals surface area contributed by atoms with Crippen molar-refractivity contribution in [3.8, 4) is 0 Å². The SMILES string of the molecule is CNC(C)C1CCCCN1C(C)c1ccccc1. The third-order valence-corrected chi connectivity index (χ3v) is 4.40. The molecular weight excluding hydrogens is 220 g/mol. The van der Waals surface area contributed by atoms with Crippen LogP contribution in [0.5, 0.6) is 0 Å². The lowest BCUT2D eigenvalue weighted by molar-refractivity contribution is 0.0818. The van der Waals surface area contributed by atoms with Crippen LogP contribution in [0.3, 0.4) is 0 Å². The van der Waals surface area contributed by atoms with Crippen LogP contribution in [0.15, 0.2) is 30.3 Å². The van der Waals surface area contributed by atoms with E-state index >= 15 is 0 Å². The van der Waals surface area contributed by atoms with Gasteiger partial charge in [0.25, 0.3) is 0 Å². The first-order valence-electron chi connectivity index (χ1n) is 7.22. The minimum atomic E-state index is 0.521. The first-order valence-corrected chi connectivity index (χ1v) is 7.22. The molecule has 3 unspecified atom stereocenters. The predicted molar refractivity (Wildman–Crippen MR) is 77.7 cm³/mol. The summed E-state index contributed by atoms with van der Waals surface area (Å²) < 4.78 is 0. The third-order valence-electron chi connectivity index (χ3n) is 4.40. The molecule has 18 heavy (non-hydrogen) atoms. The van der Waals surface area contributed by atoms with Crippen LogP contribution in [0.4, 0.5) is 0 Å². The second-order valence-electron chi connectivity index (χ2n) is 5.46. The summed E-state index contributed by atoms with van der Waals surface area (Å²) in [5.41, 5.74) is 1.44. The lowest BCUT2D eigenvalue weighted by Crippen LogP contribution is -2.50. The zero-order valence-corrected chi connectivity index (χ0v) is 11.9. The molecule has 1 saturated heterocycles. The third kappa shape index (κ3) is 2.93. The van der Waals surface area contributed by atoms with Crippen LogP contribution in [-0.4, -0.2) is 30.6 Å². The van der Waals surface area contributed by atoms with Gasteiger partial charge in [0.2, 0.25) is 0 Å². The van der Waals surface area contributed by atoms with E-state index in [9.17, 15) is 0 Å². The molecular formula is C16H26N2. The standard InChI is InChI=1S/C16H26N2/c1-13(17-3)16-11-7-8-12-18(16)14(2)15-9-5-4-6-10-15/h4-6,9-10,13-14,16-17H,7-8,11-12H2,1-3H3. The van der Waals surface area contributed by atoms with E-state index in [1.54, 1.807) is 0 Å². The summed E-state index contributed by atoms with van der Waals surface area (Å²) in [6.45, 7) is 5.88. The van der Waals surface area contributed by atoms with Crippen molar-refractivity contribution in [3.63, 3.8) is 0 Å². The van der Waals surface area contributed by atoms with Crippen LogP contribution in [0.1, 0.15) is 44.7 Å². The monoisotopic (exact) mass is 246 g/mol. The second-order valence-corrected chi connectivity index (χ2v) is 5.46. The molecule has 1 N–H and O–H groups in total. The van der Waals surface area contributed by atoms with E-state index in [1.165, 1.54) is 31.4 Å². The topological polar surface area (TPSA) is 15.3 Å². The maximum Gasteiger partial charge on any atom is 0.0323 e. The molecule has 2 rings (SSSR count). The van der Waals surface area contributed by atoms with Crippen molar-refractivity contribution >= 4 is 0 Å². The predicted octanol–water partition coefficient (Wildman–Crippen LogP) is 3.21. The van der Waals surface area contributed by atoms with Gasteiger partial charge < -0.3 is 5.32 Å². The second kappa shape index (κ2) is 6.35. The zero-order chi connectivity index (χ0) is 13.0.